The van der Waals surface area contributed by atoms with Crippen LogP contribution in [0.5, 0.6) is 0 Å². The Balaban J connectivity index is 2.06. The quantitative estimate of drug-likeness (QED) is 0.794. The number of aromatic nitrogens is 1. The van der Waals surface area contributed by atoms with Gasteiger partial charge in [-0.05, 0) is 31.4 Å². The van der Waals surface area contributed by atoms with Crippen LogP contribution in [0.3, 0.4) is 0 Å². The molecule has 1 aliphatic rings. The fraction of sp³-hybridized carbons (Fsp3) is 0.308. The number of amides is 1. The van der Waals surface area contributed by atoms with Crippen molar-refractivity contribution in [1.29, 1.82) is 0 Å². The predicted molar refractivity (Wildman–Crippen MR) is 65.4 cm³/mol. The number of carboxylic acids is 1. The molecule has 1 aromatic rings. The standard InChI is InChI=1S/C13H14N2O3/c16-12(15-10-4-2-1-3-5-10)9-6-7-14-11(8-9)13(17)18/h1-2,6-8,10H,3-5H2,(H,15,16)(H,17,18). The maximum Gasteiger partial charge on any atom is 0.354 e. The van der Waals surface area contributed by atoms with E-state index in [0.29, 0.717) is 5.56 Å². The highest BCUT2D eigenvalue weighted by Crippen LogP contribution is 2.11. The van der Waals surface area contributed by atoms with Gasteiger partial charge in [-0.3, -0.25) is 4.79 Å². The number of aromatic carboxylic acids is 1. The van der Waals surface area contributed by atoms with Gasteiger partial charge in [-0.25, -0.2) is 9.78 Å². The molecule has 0 aliphatic heterocycles. The van der Waals surface area contributed by atoms with Crippen LogP contribution in [0, 0.1) is 0 Å². The summed E-state index contributed by atoms with van der Waals surface area (Å²) in [6, 6.07) is 2.93. The number of carbonyl (C=O) groups excluding carboxylic acids is 1. The Labute approximate surface area is 105 Å². The van der Waals surface area contributed by atoms with E-state index in [1.54, 1.807) is 0 Å². The van der Waals surface area contributed by atoms with Gasteiger partial charge in [-0.1, -0.05) is 12.2 Å². The highest BCUT2D eigenvalue weighted by molar-refractivity contribution is 5.96. The molecule has 5 heteroatoms. The number of carboxylic acid groups (broad SMARTS) is 1. The minimum atomic E-state index is -1.13. The zero-order chi connectivity index (χ0) is 13.0. The van der Waals surface area contributed by atoms with Gasteiger partial charge in [0.1, 0.15) is 5.69 Å². The maximum atomic E-state index is 11.9. The summed E-state index contributed by atoms with van der Waals surface area (Å²) in [6.07, 6.45) is 8.17. The van der Waals surface area contributed by atoms with Crippen molar-refractivity contribution in [3.05, 3.63) is 41.7 Å². The van der Waals surface area contributed by atoms with Crippen LogP contribution < -0.4 is 5.32 Å². The van der Waals surface area contributed by atoms with Gasteiger partial charge in [0.2, 0.25) is 0 Å². The first-order chi connectivity index (χ1) is 8.66. The van der Waals surface area contributed by atoms with Crippen molar-refractivity contribution in [3.63, 3.8) is 0 Å². The second-order valence-electron chi connectivity index (χ2n) is 4.19. The Bertz CT molecular complexity index is 497. The van der Waals surface area contributed by atoms with Gasteiger partial charge in [0, 0.05) is 17.8 Å². The second-order valence-corrected chi connectivity index (χ2v) is 4.19. The van der Waals surface area contributed by atoms with Gasteiger partial charge >= 0.3 is 5.97 Å². The molecule has 1 heterocycles. The summed E-state index contributed by atoms with van der Waals surface area (Å²) >= 11 is 0. The summed E-state index contributed by atoms with van der Waals surface area (Å²) in [5, 5.41) is 11.7. The summed E-state index contributed by atoms with van der Waals surface area (Å²) in [5.41, 5.74) is 0.211. The average Bonchev–Trinajstić information content (AvgIpc) is 2.40. The minimum absolute atomic E-state index is 0.119. The Hall–Kier alpha value is -2.17. The molecular weight excluding hydrogens is 232 g/mol. The smallest absolute Gasteiger partial charge is 0.354 e. The van der Waals surface area contributed by atoms with Gasteiger partial charge in [-0.2, -0.15) is 0 Å². The Morgan fingerprint density at radius 1 is 1.39 bits per heavy atom. The maximum absolute atomic E-state index is 11.9. The first kappa shape index (κ1) is 12.3. The predicted octanol–water partition coefficient (Wildman–Crippen LogP) is 1.62. The van der Waals surface area contributed by atoms with E-state index < -0.39 is 5.97 Å². The average molecular weight is 246 g/mol. The fourth-order valence-corrected chi connectivity index (χ4v) is 1.88. The van der Waals surface area contributed by atoms with E-state index in [1.807, 2.05) is 6.08 Å². The first-order valence-corrected chi connectivity index (χ1v) is 5.82. The summed E-state index contributed by atoms with van der Waals surface area (Å²) in [4.78, 5) is 26.4. The van der Waals surface area contributed by atoms with E-state index in [4.69, 9.17) is 5.11 Å². The number of allylic oxidation sites excluding steroid dienone is 1. The van der Waals surface area contributed by atoms with Crippen molar-refractivity contribution < 1.29 is 14.7 Å². The van der Waals surface area contributed by atoms with Crippen molar-refractivity contribution in [3.8, 4) is 0 Å². The highest BCUT2D eigenvalue weighted by Gasteiger charge is 2.15. The zero-order valence-corrected chi connectivity index (χ0v) is 9.80. The molecule has 1 aliphatic carbocycles. The topological polar surface area (TPSA) is 79.3 Å². The number of hydrogen-bond donors (Lipinski definition) is 2. The molecule has 0 spiro atoms. The normalized spacial score (nSPS) is 18.3. The first-order valence-electron chi connectivity index (χ1n) is 5.82. The molecule has 0 saturated carbocycles. The lowest BCUT2D eigenvalue weighted by Gasteiger charge is -2.19. The van der Waals surface area contributed by atoms with Crippen LogP contribution in [-0.4, -0.2) is 28.0 Å². The molecule has 0 fully saturated rings. The van der Waals surface area contributed by atoms with Crippen LogP contribution in [0.2, 0.25) is 0 Å². The Morgan fingerprint density at radius 2 is 2.22 bits per heavy atom. The van der Waals surface area contributed by atoms with Gasteiger partial charge in [0.05, 0.1) is 0 Å². The molecule has 0 bridgehead atoms. The number of nitrogens with zero attached hydrogens (tertiary/aromatic N) is 1. The summed E-state index contributed by atoms with van der Waals surface area (Å²) in [5.74, 6) is -1.38. The van der Waals surface area contributed by atoms with E-state index in [-0.39, 0.29) is 17.6 Å². The van der Waals surface area contributed by atoms with Gasteiger partial charge < -0.3 is 10.4 Å². The SMILES string of the molecule is O=C(NC1CC=CCC1)c1ccnc(C(=O)O)c1. The van der Waals surface area contributed by atoms with E-state index in [1.165, 1.54) is 18.3 Å². The van der Waals surface area contributed by atoms with Crippen LogP contribution in [0.25, 0.3) is 0 Å². The number of rotatable bonds is 3. The molecule has 1 aromatic heterocycles. The van der Waals surface area contributed by atoms with Crippen LogP contribution in [-0.2, 0) is 0 Å². The van der Waals surface area contributed by atoms with Crippen molar-refractivity contribution in [1.82, 2.24) is 10.3 Å². The van der Waals surface area contributed by atoms with Gasteiger partial charge in [-0.15, -0.1) is 0 Å². The summed E-state index contributed by atoms with van der Waals surface area (Å²) in [6.45, 7) is 0. The summed E-state index contributed by atoms with van der Waals surface area (Å²) < 4.78 is 0. The van der Waals surface area contributed by atoms with Gasteiger partial charge in [0.15, 0.2) is 0 Å². The lowest BCUT2D eigenvalue weighted by molar-refractivity contribution is 0.0690. The van der Waals surface area contributed by atoms with Gasteiger partial charge in [0.25, 0.3) is 5.91 Å². The number of carbonyl (C=O) groups is 2. The second kappa shape index (κ2) is 5.44. The zero-order valence-electron chi connectivity index (χ0n) is 9.80. The molecule has 18 heavy (non-hydrogen) atoms. The van der Waals surface area contributed by atoms with Crippen LogP contribution >= 0.6 is 0 Å². The Morgan fingerprint density at radius 3 is 2.89 bits per heavy atom. The van der Waals surface area contributed by atoms with E-state index in [2.05, 4.69) is 16.4 Å². The third-order valence-electron chi connectivity index (χ3n) is 2.85. The molecule has 0 saturated heterocycles. The van der Waals surface area contributed by atoms with Crippen LogP contribution in [0.15, 0.2) is 30.5 Å². The molecule has 0 aromatic carbocycles. The molecule has 2 N–H and O–H groups in total. The fourth-order valence-electron chi connectivity index (χ4n) is 1.88. The highest BCUT2D eigenvalue weighted by atomic mass is 16.4. The van der Waals surface area contributed by atoms with Crippen LogP contribution in [0.4, 0.5) is 0 Å². The van der Waals surface area contributed by atoms with Crippen molar-refractivity contribution in [2.24, 2.45) is 0 Å². The monoisotopic (exact) mass is 246 g/mol. The lowest BCUT2D eigenvalue weighted by Crippen LogP contribution is -2.35. The molecule has 1 amide bonds. The molecule has 0 radical (unpaired) electrons. The van der Waals surface area contributed by atoms with Crippen molar-refractivity contribution in [2.45, 2.75) is 25.3 Å². The summed E-state index contributed by atoms with van der Waals surface area (Å²) in [7, 11) is 0. The number of nitrogens with one attached hydrogen (secondary N) is 1. The number of hydrogen-bond acceptors (Lipinski definition) is 3. The Kier molecular flexibility index (Phi) is 3.72. The molecular formula is C13H14N2O3. The number of pyridine rings is 1. The lowest BCUT2D eigenvalue weighted by atomic mass is 10.0. The van der Waals surface area contributed by atoms with Crippen molar-refractivity contribution >= 4 is 11.9 Å². The molecule has 94 valence electrons. The molecule has 5 nitrogen and oxygen atoms in total. The molecule has 1 atom stereocenters. The van der Waals surface area contributed by atoms with E-state index >= 15 is 0 Å². The largest absolute Gasteiger partial charge is 0.477 e. The van der Waals surface area contributed by atoms with Crippen LogP contribution in [0.1, 0.15) is 40.1 Å². The third kappa shape index (κ3) is 2.94. The molecule has 1 unspecified atom stereocenters. The van der Waals surface area contributed by atoms with E-state index in [9.17, 15) is 9.59 Å². The molecule has 2 rings (SSSR count). The van der Waals surface area contributed by atoms with E-state index in [0.717, 1.165) is 19.3 Å². The third-order valence-corrected chi connectivity index (χ3v) is 2.85. The minimum Gasteiger partial charge on any atom is -0.477 e. The van der Waals surface area contributed by atoms with Crippen molar-refractivity contribution in [2.75, 3.05) is 0 Å².